The van der Waals surface area contributed by atoms with Gasteiger partial charge in [0.1, 0.15) is 0 Å². The highest BCUT2D eigenvalue weighted by Crippen LogP contribution is 2.54. The zero-order chi connectivity index (χ0) is 13.3. The second kappa shape index (κ2) is 4.97. The van der Waals surface area contributed by atoms with Crippen molar-refractivity contribution in [3.63, 3.8) is 0 Å². The van der Waals surface area contributed by atoms with Crippen molar-refractivity contribution in [1.82, 2.24) is 0 Å². The van der Waals surface area contributed by atoms with Gasteiger partial charge in [-0.25, -0.2) is 0 Å². The van der Waals surface area contributed by atoms with Crippen LogP contribution in [0.25, 0.3) is 0 Å². The molecule has 2 N–H and O–H groups in total. The van der Waals surface area contributed by atoms with Gasteiger partial charge in [0.25, 0.3) is 0 Å². The molecular weight excluding hydrogens is 230 g/mol. The third kappa shape index (κ3) is 1.97. The molecule has 1 aromatic carbocycles. The summed E-state index contributed by atoms with van der Waals surface area (Å²) in [5, 5.41) is 0. The smallest absolute Gasteiger partial charge is 0.0146 e. The highest BCUT2D eigenvalue weighted by molar-refractivity contribution is 5.56. The van der Waals surface area contributed by atoms with E-state index in [1.54, 1.807) is 16.7 Å². The van der Waals surface area contributed by atoms with Crippen molar-refractivity contribution in [2.24, 2.45) is 5.73 Å². The van der Waals surface area contributed by atoms with E-state index in [2.05, 4.69) is 49.4 Å². The van der Waals surface area contributed by atoms with Gasteiger partial charge in [-0.15, -0.1) is 0 Å². The number of hydrogen-bond donors (Lipinski definition) is 1. The summed E-state index contributed by atoms with van der Waals surface area (Å²) < 4.78 is 0. The van der Waals surface area contributed by atoms with Crippen molar-refractivity contribution in [3.8, 4) is 0 Å². The van der Waals surface area contributed by atoms with Crippen molar-refractivity contribution in [2.45, 2.75) is 43.9 Å². The van der Waals surface area contributed by atoms with Crippen LogP contribution in [0.4, 0.5) is 0 Å². The van der Waals surface area contributed by atoms with Gasteiger partial charge in [0.2, 0.25) is 0 Å². The molecule has 0 fully saturated rings. The Bertz CT molecular complexity index is 526. The van der Waals surface area contributed by atoms with Crippen LogP contribution < -0.4 is 5.73 Å². The average molecular weight is 253 g/mol. The molecule has 1 heteroatoms. The van der Waals surface area contributed by atoms with Crippen LogP contribution in [0.3, 0.4) is 0 Å². The van der Waals surface area contributed by atoms with Gasteiger partial charge < -0.3 is 5.73 Å². The Labute approximate surface area is 116 Å². The lowest BCUT2D eigenvalue weighted by atomic mass is 9.74. The first-order valence-electron chi connectivity index (χ1n) is 7.44. The fourth-order valence-corrected chi connectivity index (χ4v) is 3.85. The molecular formula is C18H23N. The molecule has 100 valence electrons. The van der Waals surface area contributed by atoms with Gasteiger partial charge in [-0.3, -0.25) is 0 Å². The van der Waals surface area contributed by atoms with E-state index in [9.17, 15) is 0 Å². The number of benzene rings is 1. The highest BCUT2D eigenvalue weighted by Gasteiger charge is 2.43. The normalized spacial score (nSPS) is 27.9. The molecule has 3 rings (SSSR count). The maximum absolute atomic E-state index is 5.66. The van der Waals surface area contributed by atoms with Gasteiger partial charge in [-0.2, -0.15) is 0 Å². The van der Waals surface area contributed by atoms with E-state index >= 15 is 0 Å². The molecule has 0 amide bonds. The molecule has 0 aromatic heterocycles. The number of allylic oxidation sites excluding steroid dienone is 4. The first-order chi connectivity index (χ1) is 9.27. The molecule has 0 saturated heterocycles. The Hall–Kier alpha value is -1.34. The number of fused-ring (bicyclic) bond motifs is 3. The standard InChI is InChI=1S/C18H23N/c1-18(12-6-7-13-19)16-10-4-2-8-14(16)15-9-3-5-11-17(15)18/h2-5,8,10-11,15H,6-7,9,12-13,19H2,1H3/t15-,18-/m1/s1. The highest BCUT2D eigenvalue weighted by atomic mass is 14.5. The van der Waals surface area contributed by atoms with Crippen LogP contribution in [-0.4, -0.2) is 6.54 Å². The fourth-order valence-electron chi connectivity index (χ4n) is 3.85. The maximum atomic E-state index is 5.66. The lowest BCUT2D eigenvalue weighted by molar-refractivity contribution is 0.478. The molecule has 2 aliphatic rings. The minimum Gasteiger partial charge on any atom is -0.330 e. The predicted octanol–water partition coefficient (Wildman–Crippen LogP) is 4.06. The molecule has 0 radical (unpaired) electrons. The van der Waals surface area contributed by atoms with Gasteiger partial charge >= 0.3 is 0 Å². The second-order valence-electron chi connectivity index (χ2n) is 6.00. The minimum absolute atomic E-state index is 0.223. The van der Waals surface area contributed by atoms with E-state index in [0.29, 0.717) is 5.92 Å². The van der Waals surface area contributed by atoms with Crippen molar-refractivity contribution < 1.29 is 0 Å². The van der Waals surface area contributed by atoms with Crippen LogP contribution in [0.5, 0.6) is 0 Å². The maximum Gasteiger partial charge on any atom is 0.0146 e. The molecule has 2 aliphatic carbocycles. The first-order valence-corrected chi connectivity index (χ1v) is 7.44. The fraction of sp³-hybridized carbons (Fsp3) is 0.444. The van der Waals surface area contributed by atoms with Gasteiger partial charge in [0, 0.05) is 11.3 Å². The third-order valence-electron chi connectivity index (χ3n) is 4.86. The number of rotatable bonds is 4. The first kappa shape index (κ1) is 12.7. The quantitative estimate of drug-likeness (QED) is 0.805. The van der Waals surface area contributed by atoms with Crippen molar-refractivity contribution in [2.75, 3.05) is 6.54 Å². The molecule has 1 nitrogen and oxygen atoms in total. The third-order valence-corrected chi connectivity index (χ3v) is 4.86. The molecule has 2 atom stereocenters. The molecule has 1 aromatic rings. The van der Waals surface area contributed by atoms with E-state index in [4.69, 9.17) is 5.73 Å². The molecule has 19 heavy (non-hydrogen) atoms. The van der Waals surface area contributed by atoms with E-state index in [1.165, 1.54) is 12.8 Å². The topological polar surface area (TPSA) is 26.0 Å². The van der Waals surface area contributed by atoms with Crippen LogP contribution in [0.2, 0.25) is 0 Å². The summed E-state index contributed by atoms with van der Waals surface area (Å²) in [6, 6.07) is 9.02. The minimum atomic E-state index is 0.223. The summed E-state index contributed by atoms with van der Waals surface area (Å²) >= 11 is 0. The zero-order valence-corrected chi connectivity index (χ0v) is 11.7. The lowest BCUT2D eigenvalue weighted by Crippen LogP contribution is -2.22. The Morgan fingerprint density at radius 2 is 2.11 bits per heavy atom. The van der Waals surface area contributed by atoms with Gasteiger partial charge in [0.15, 0.2) is 0 Å². The second-order valence-corrected chi connectivity index (χ2v) is 6.00. The van der Waals surface area contributed by atoms with Crippen LogP contribution in [0.15, 0.2) is 48.1 Å². The summed E-state index contributed by atoms with van der Waals surface area (Å²) in [4.78, 5) is 0. The van der Waals surface area contributed by atoms with Crippen molar-refractivity contribution in [1.29, 1.82) is 0 Å². The van der Waals surface area contributed by atoms with Crippen LogP contribution in [-0.2, 0) is 5.41 Å². The Morgan fingerprint density at radius 3 is 2.95 bits per heavy atom. The Morgan fingerprint density at radius 1 is 1.26 bits per heavy atom. The largest absolute Gasteiger partial charge is 0.330 e. The van der Waals surface area contributed by atoms with Gasteiger partial charge in [0.05, 0.1) is 0 Å². The SMILES string of the molecule is C[C@]1(CCCCN)C2=CC=CC[C@@H]2c2ccccc21. The van der Waals surface area contributed by atoms with E-state index in [0.717, 1.165) is 19.4 Å². The average Bonchev–Trinajstić information content (AvgIpc) is 2.71. The van der Waals surface area contributed by atoms with Crippen LogP contribution >= 0.6 is 0 Å². The molecule has 0 saturated carbocycles. The molecule has 0 unspecified atom stereocenters. The summed E-state index contributed by atoms with van der Waals surface area (Å²) in [6.45, 7) is 3.23. The van der Waals surface area contributed by atoms with Crippen LogP contribution in [0, 0.1) is 0 Å². The van der Waals surface area contributed by atoms with Crippen molar-refractivity contribution >= 4 is 0 Å². The summed E-state index contributed by atoms with van der Waals surface area (Å²) in [5.41, 5.74) is 10.6. The number of unbranched alkanes of at least 4 members (excludes halogenated alkanes) is 1. The Kier molecular flexibility index (Phi) is 3.32. The van der Waals surface area contributed by atoms with Gasteiger partial charge in [-0.1, -0.05) is 61.4 Å². The van der Waals surface area contributed by atoms with Crippen molar-refractivity contribution in [3.05, 3.63) is 59.2 Å². The zero-order valence-electron chi connectivity index (χ0n) is 11.7. The van der Waals surface area contributed by atoms with E-state index in [-0.39, 0.29) is 5.41 Å². The molecule has 0 aliphatic heterocycles. The summed E-state index contributed by atoms with van der Waals surface area (Å²) in [7, 11) is 0. The molecule has 0 heterocycles. The summed E-state index contributed by atoms with van der Waals surface area (Å²) in [6.07, 6.45) is 11.6. The van der Waals surface area contributed by atoms with E-state index in [1.807, 2.05) is 0 Å². The van der Waals surface area contributed by atoms with Gasteiger partial charge in [-0.05, 0) is 36.9 Å². The molecule has 0 bridgehead atoms. The predicted molar refractivity (Wildman–Crippen MR) is 81.3 cm³/mol. The van der Waals surface area contributed by atoms with Crippen LogP contribution in [0.1, 0.15) is 49.7 Å². The lowest BCUT2D eigenvalue weighted by Gasteiger charge is -2.30. The number of nitrogens with two attached hydrogens (primary N) is 1. The number of hydrogen-bond acceptors (Lipinski definition) is 1. The van der Waals surface area contributed by atoms with E-state index < -0.39 is 0 Å². The Balaban J connectivity index is 2.01. The monoisotopic (exact) mass is 253 g/mol. The summed E-state index contributed by atoms with van der Waals surface area (Å²) in [5.74, 6) is 0.615. The molecule has 0 spiro atoms.